The lowest BCUT2D eigenvalue weighted by Gasteiger charge is -2.28. The Labute approximate surface area is 246 Å². The minimum Gasteiger partial charge on any atom is -0.462 e. The van der Waals surface area contributed by atoms with E-state index in [2.05, 4.69) is 10.1 Å². The first-order valence-corrected chi connectivity index (χ1v) is 16.4. The third-order valence-corrected chi connectivity index (χ3v) is 9.87. The highest BCUT2D eigenvalue weighted by Gasteiger charge is 2.56. The zero-order valence-electron chi connectivity index (χ0n) is 22.5. The number of nitrogens with zero attached hydrogens (tertiary/aromatic N) is 2. The fraction of sp³-hybridized carbons (Fsp3) is 0.727. The minimum absolute atomic E-state index is 0.0131. The number of aliphatic hydroxyl groups excluding tert-OH is 1. The second kappa shape index (κ2) is 13.9. The Morgan fingerprint density at radius 3 is 2.56 bits per heavy atom. The molecule has 1 fully saturated rings. The molecule has 1 aliphatic heterocycles. The van der Waals surface area contributed by atoms with E-state index < -0.39 is 52.5 Å². The van der Waals surface area contributed by atoms with Gasteiger partial charge in [0.1, 0.15) is 24.1 Å². The number of aromatic nitrogens is 2. The summed E-state index contributed by atoms with van der Waals surface area (Å²) in [5, 5.41) is 13.6. The average molecular weight is 650 g/mol. The normalized spacial score (nSPS) is 23.4. The maximum absolute atomic E-state index is 12.4. The standard InChI is InChI=1S/C22H35Cl2N4O8PS2/c1-12(2)35-17(30)13(3)27-37(38,33-9-10-39-19(31)21(4,5)6)34-11-14-16(29)22(23,24)18(36-14)28-8-7-15(25)26-20(28)32/h7-8,12-14,16,18,29H,9-11H2,1-6H3,(H,27,38)(H2,25,26,32)/t13-,14-,16-,18-,37-/m1/s1. The van der Waals surface area contributed by atoms with Crippen LogP contribution in [-0.4, -0.2) is 73.4 Å². The molecule has 0 saturated carbocycles. The van der Waals surface area contributed by atoms with E-state index in [4.69, 9.17) is 59.3 Å². The molecule has 1 aromatic heterocycles. The number of alkyl halides is 2. The number of nitrogens with two attached hydrogens (primary N) is 1. The zero-order valence-corrected chi connectivity index (χ0v) is 26.5. The van der Waals surface area contributed by atoms with Crippen LogP contribution in [0.15, 0.2) is 17.1 Å². The lowest BCUT2D eigenvalue weighted by molar-refractivity contribution is -0.149. The first-order valence-electron chi connectivity index (χ1n) is 12.0. The Morgan fingerprint density at radius 2 is 2.00 bits per heavy atom. The quantitative estimate of drug-likeness (QED) is 0.131. The molecule has 2 rings (SSSR count). The third kappa shape index (κ3) is 9.63. The first kappa shape index (κ1) is 34.4. The monoisotopic (exact) mass is 648 g/mol. The van der Waals surface area contributed by atoms with Gasteiger partial charge >= 0.3 is 11.7 Å². The van der Waals surface area contributed by atoms with Gasteiger partial charge in [0.2, 0.25) is 0 Å². The number of thioether (sulfide) groups is 1. The number of aliphatic hydroxyl groups is 1. The van der Waals surface area contributed by atoms with Gasteiger partial charge in [-0.25, -0.2) is 9.88 Å². The van der Waals surface area contributed by atoms with Crippen molar-refractivity contribution in [3.63, 3.8) is 0 Å². The molecule has 17 heteroatoms. The largest absolute Gasteiger partial charge is 0.462 e. The predicted octanol–water partition coefficient (Wildman–Crippen LogP) is 2.75. The van der Waals surface area contributed by atoms with Crippen LogP contribution in [0.1, 0.15) is 47.8 Å². The Bertz CT molecular complexity index is 1130. The topological polar surface area (TPSA) is 164 Å². The van der Waals surface area contributed by atoms with Crippen LogP contribution in [0.2, 0.25) is 0 Å². The van der Waals surface area contributed by atoms with Crippen molar-refractivity contribution in [2.75, 3.05) is 24.7 Å². The molecule has 0 bridgehead atoms. The van der Waals surface area contributed by atoms with Gasteiger partial charge in [-0.2, -0.15) is 4.98 Å². The summed E-state index contributed by atoms with van der Waals surface area (Å²) in [5.41, 5.74) is 4.22. The van der Waals surface area contributed by atoms with Gasteiger partial charge in [0.05, 0.1) is 19.3 Å². The Balaban J connectivity index is 2.16. The number of nitrogen functional groups attached to an aromatic ring is 1. The van der Waals surface area contributed by atoms with Crippen molar-refractivity contribution in [3.05, 3.63) is 22.7 Å². The van der Waals surface area contributed by atoms with Crippen LogP contribution >= 0.6 is 41.6 Å². The summed E-state index contributed by atoms with van der Waals surface area (Å²) < 4.78 is 21.8. The van der Waals surface area contributed by atoms with Gasteiger partial charge in [0.15, 0.2) is 15.7 Å². The van der Waals surface area contributed by atoms with Crippen molar-refractivity contribution >= 4 is 70.3 Å². The highest BCUT2D eigenvalue weighted by molar-refractivity contribution is 8.13. The van der Waals surface area contributed by atoms with Crippen molar-refractivity contribution in [3.8, 4) is 0 Å². The van der Waals surface area contributed by atoms with Gasteiger partial charge in [-0.15, -0.1) is 0 Å². The minimum atomic E-state index is -3.42. The van der Waals surface area contributed by atoms with Crippen LogP contribution in [-0.2, 0) is 39.9 Å². The van der Waals surface area contributed by atoms with Crippen molar-refractivity contribution in [1.29, 1.82) is 0 Å². The molecule has 1 aromatic rings. The molecule has 0 unspecified atom stereocenters. The summed E-state index contributed by atoms with van der Waals surface area (Å²) in [7, 11) is 0. The predicted molar refractivity (Wildman–Crippen MR) is 154 cm³/mol. The van der Waals surface area contributed by atoms with Gasteiger partial charge in [-0.05, 0) is 38.6 Å². The van der Waals surface area contributed by atoms with Gasteiger partial charge in [0.25, 0.3) is 6.64 Å². The lowest BCUT2D eigenvalue weighted by Crippen LogP contribution is -2.40. The van der Waals surface area contributed by atoms with E-state index in [9.17, 15) is 19.5 Å². The van der Waals surface area contributed by atoms with E-state index in [0.29, 0.717) is 0 Å². The smallest absolute Gasteiger partial charge is 0.351 e. The summed E-state index contributed by atoms with van der Waals surface area (Å²) in [6.07, 6.45) is -3.04. The number of nitrogens with one attached hydrogen (secondary N) is 1. The second-order valence-electron chi connectivity index (χ2n) is 10.0. The van der Waals surface area contributed by atoms with E-state index in [1.807, 2.05) is 20.8 Å². The van der Waals surface area contributed by atoms with Gasteiger partial charge in [0, 0.05) is 17.4 Å². The lowest BCUT2D eigenvalue weighted by atomic mass is 10.00. The molecular formula is C22H35Cl2N4O8PS2. The number of hydrogen-bond acceptors (Lipinski definition) is 12. The number of rotatable bonds is 12. The molecule has 12 nitrogen and oxygen atoms in total. The summed E-state index contributed by atoms with van der Waals surface area (Å²) in [6, 6.07) is 0.450. The maximum Gasteiger partial charge on any atom is 0.351 e. The Kier molecular flexibility index (Phi) is 12.3. The first-order chi connectivity index (χ1) is 17.9. The molecule has 1 aliphatic rings. The van der Waals surface area contributed by atoms with Crippen LogP contribution in [0.5, 0.6) is 0 Å². The van der Waals surface area contributed by atoms with E-state index >= 15 is 0 Å². The van der Waals surface area contributed by atoms with Crippen LogP contribution in [0, 0.1) is 5.41 Å². The fourth-order valence-electron chi connectivity index (χ4n) is 3.13. The van der Waals surface area contributed by atoms with Crippen molar-refractivity contribution < 1.29 is 33.2 Å². The van der Waals surface area contributed by atoms with Crippen molar-refractivity contribution in [2.45, 2.75) is 76.5 Å². The molecule has 39 heavy (non-hydrogen) atoms. The molecule has 0 spiro atoms. The summed E-state index contributed by atoms with van der Waals surface area (Å²) in [4.78, 5) is 40.6. The second-order valence-corrected chi connectivity index (χ2v) is 15.8. The number of anilines is 1. The van der Waals surface area contributed by atoms with Gasteiger partial charge in [-0.1, -0.05) is 55.7 Å². The van der Waals surface area contributed by atoms with Gasteiger partial charge in [-0.3, -0.25) is 14.2 Å². The maximum atomic E-state index is 12.4. The molecule has 1 saturated heterocycles. The van der Waals surface area contributed by atoms with Crippen molar-refractivity contribution in [2.24, 2.45) is 5.41 Å². The summed E-state index contributed by atoms with van der Waals surface area (Å²) >= 11 is 19.5. The Hall–Kier alpha value is -0.800. The van der Waals surface area contributed by atoms with E-state index in [1.54, 1.807) is 13.8 Å². The number of ether oxygens (including phenoxy) is 2. The van der Waals surface area contributed by atoms with E-state index in [-0.39, 0.29) is 36.0 Å². The van der Waals surface area contributed by atoms with Crippen LogP contribution in [0.3, 0.4) is 0 Å². The molecule has 0 radical (unpaired) electrons. The highest BCUT2D eigenvalue weighted by Crippen LogP contribution is 2.49. The number of halogens is 2. The number of esters is 1. The number of carbonyl (C=O) groups excluding carboxylic acids is 2. The molecular weight excluding hydrogens is 614 g/mol. The Morgan fingerprint density at radius 1 is 1.36 bits per heavy atom. The third-order valence-electron chi connectivity index (χ3n) is 5.14. The van der Waals surface area contributed by atoms with E-state index in [0.717, 1.165) is 16.3 Å². The molecule has 4 N–H and O–H groups in total. The van der Waals surface area contributed by atoms with Crippen molar-refractivity contribution in [1.82, 2.24) is 14.6 Å². The summed E-state index contributed by atoms with van der Waals surface area (Å²) in [5.74, 6) is -0.299. The van der Waals surface area contributed by atoms with Crippen LogP contribution < -0.4 is 16.5 Å². The summed E-state index contributed by atoms with van der Waals surface area (Å²) in [6.45, 7) is 6.63. The van der Waals surface area contributed by atoms with Crippen LogP contribution in [0.4, 0.5) is 5.82 Å². The fourth-order valence-corrected chi connectivity index (χ4v) is 6.99. The molecule has 5 atom stereocenters. The van der Waals surface area contributed by atoms with E-state index in [1.165, 1.54) is 19.2 Å². The molecule has 222 valence electrons. The van der Waals surface area contributed by atoms with Crippen LogP contribution in [0.25, 0.3) is 0 Å². The molecule has 2 heterocycles. The van der Waals surface area contributed by atoms with Gasteiger partial charge < -0.3 is 29.4 Å². The highest BCUT2D eigenvalue weighted by atomic mass is 35.5. The molecule has 0 aliphatic carbocycles. The number of carbonyl (C=O) groups is 2. The zero-order chi connectivity index (χ0) is 29.8. The molecule has 0 amide bonds. The average Bonchev–Trinajstić information content (AvgIpc) is 3.03. The number of hydrogen-bond donors (Lipinski definition) is 3. The SMILES string of the molecule is CC(C)OC(=O)[C@@H](C)N[P@@](=S)(OCCSC(=O)C(C)(C)C)OC[C@H]1O[C@@H](n2ccc(N)nc2=O)C(Cl)(Cl)[C@@H]1O. The molecule has 0 aromatic carbocycles.